The Kier molecular flexibility index (Phi) is 7.38. The van der Waals surface area contributed by atoms with E-state index in [9.17, 15) is 0 Å². The number of rotatable bonds is 7. The molecule has 1 saturated carbocycles. The lowest BCUT2D eigenvalue weighted by Gasteiger charge is -2.30. The molecule has 0 heterocycles. The van der Waals surface area contributed by atoms with Gasteiger partial charge in [0.15, 0.2) is 0 Å². The van der Waals surface area contributed by atoms with Gasteiger partial charge in [-0.3, -0.25) is 0 Å². The van der Waals surface area contributed by atoms with Crippen LogP contribution in [0.25, 0.3) is 0 Å². The molecule has 114 valence electrons. The monoisotopic (exact) mass is 268 g/mol. The predicted octanol–water partition coefficient (Wildman–Crippen LogP) is 3.91. The second-order valence-electron chi connectivity index (χ2n) is 7.64. The molecule has 0 aromatic rings. The van der Waals surface area contributed by atoms with Gasteiger partial charge in [-0.05, 0) is 44.7 Å². The second-order valence-corrected chi connectivity index (χ2v) is 7.64. The smallest absolute Gasteiger partial charge is 0.00674 e. The Bertz CT molecular complexity index is 235. The molecule has 2 nitrogen and oxygen atoms in total. The first kappa shape index (κ1) is 17.0. The summed E-state index contributed by atoms with van der Waals surface area (Å²) in [6.07, 6.45) is 9.92. The van der Waals surface area contributed by atoms with Crippen molar-refractivity contribution in [3.8, 4) is 0 Å². The fourth-order valence-corrected chi connectivity index (χ4v) is 3.61. The van der Waals surface area contributed by atoms with Crippen molar-refractivity contribution in [2.24, 2.45) is 11.3 Å². The minimum atomic E-state index is 0.374. The first-order valence-electron chi connectivity index (χ1n) is 8.31. The van der Waals surface area contributed by atoms with Gasteiger partial charge in [-0.1, -0.05) is 46.5 Å². The Hall–Kier alpha value is -0.0800. The summed E-state index contributed by atoms with van der Waals surface area (Å²) >= 11 is 0. The molecule has 0 aromatic carbocycles. The normalized spacial score (nSPS) is 25.6. The van der Waals surface area contributed by atoms with Crippen LogP contribution in [0.5, 0.6) is 0 Å². The summed E-state index contributed by atoms with van der Waals surface area (Å²) in [6.45, 7) is 9.37. The van der Waals surface area contributed by atoms with Crippen LogP contribution in [-0.2, 0) is 0 Å². The van der Waals surface area contributed by atoms with Gasteiger partial charge in [-0.25, -0.2) is 0 Å². The van der Waals surface area contributed by atoms with Crippen molar-refractivity contribution in [1.82, 2.24) is 10.2 Å². The molecule has 0 aliphatic heterocycles. The second kappa shape index (κ2) is 8.26. The Morgan fingerprint density at radius 1 is 1.11 bits per heavy atom. The summed E-state index contributed by atoms with van der Waals surface area (Å²) in [4.78, 5) is 2.30. The maximum atomic E-state index is 3.84. The Balaban J connectivity index is 2.29. The van der Waals surface area contributed by atoms with Crippen LogP contribution < -0.4 is 5.32 Å². The molecule has 19 heavy (non-hydrogen) atoms. The predicted molar refractivity (Wildman–Crippen MR) is 85.6 cm³/mol. The van der Waals surface area contributed by atoms with E-state index in [1.165, 1.54) is 44.9 Å². The van der Waals surface area contributed by atoms with Crippen LogP contribution in [-0.4, -0.2) is 38.1 Å². The lowest BCUT2D eigenvalue weighted by molar-refractivity contribution is 0.222. The number of hydrogen-bond acceptors (Lipinski definition) is 2. The van der Waals surface area contributed by atoms with Gasteiger partial charge in [0.05, 0.1) is 0 Å². The molecule has 0 radical (unpaired) electrons. The molecule has 1 fully saturated rings. The average molecular weight is 268 g/mol. The van der Waals surface area contributed by atoms with Gasteiger partial charge in [0.1, 0.15) is 0 Å². The van der Waals surface area contributed by atoms with Gasteiger partial charge >= 0.3 is 0 Å². The lowest BCUT2D eigenvalue weighted by atomic mass is 9.92. The van der Waals surface area contributed by atoms with Gasteiger partial charge in [0.25, 0.3) is 0 Å². The van der Waals surface area contributed by atoms with E-state index in [0.717, 1.165) is 25.0 Å². The maximum Gasteiger partial charge on any atom is 0.00674 e. The van der Waals surface area contributed by atoms with Crippen molar-refractivity contribution in [1.29, 1.82) is 0 Å². The third-order valence-corrected chi connectivity index (χ3v) is 4.40. The van der Waals surface area contributed by atoms with E-state index in [0.29, 0.717) is 5.41 Å². The SMILES string of the molecule is CCCC1CCCC(NCC(C)(C)CN(C)C)CC1. The molecular weight excluding hydrogens is 232 g/mol. The Morgan fingerprint density at radius 2 is 1.84 bits per heavy atom. The highest BCUT2D eigenvalue weighted by Gasteiger charge is 2.22. The van der Waals surface area contributed by atoms with Gasteiger partial charge in [-0.2, -0.15) is 0 Å². The summed E-state index contributed by atoms with van der Waals surface area (Å²) in [5.41, 5.74) is 0.374. The zero-order valence-electron chi connectivity index (χ0n) is 14.0. The van der Waals surface area contributed by atoms with E-state index in [-0.39, 0.29) is 0 Å². The molecule has 1 N–H and O–H groups in total. The van der Waals surface area contributed by atoms with Crippen molar-refractivity contribution < 1.29 is 0 Å². The molecule has 1 rings (SSSR count). The molecule has 0 bridgehead atoms. The lowest BCUT2D eigenvalue weighted by Crippen LogP contribution is -2.41. The van der Waals surface area contributed by atoms with Crippen LogP contribution in [0.15, 0.2) is 0 Å². The summed E-state index contributed by atoms with van der Waals surface area (Å²) in [5.74, 6) is 1.01. The zero-order chi connectivity index (χ0) is 14.3. The highest BCUT2D eigenvalue weighted by molar-refractivity contribution is 4.80. The van der Waals surface area contributed by atoms with Gasteiger partial charge < -0.3 is 10.2 Å². The standard InChI is InChI=1S/C17H36N2/c1-6-8-15-9-7-10-16(12-11-15)18-13-17(2,3)14-19(4)5/h15-16,18H,6-14H2,1-5H3. The van der Waals surface area contributed by atoms with Crippen LogP contribution in [0.2, 0.25) is 0 Å². The third-order valence-electron chi connectivity index (χ3n) is 4.40. The number of nitrogens with zero attached hydrogens (tertiary/aromatic N) is 1. The largest absolute Gasteiger partial charge is 0.313 e. The molecule has 2 atom stereocenters. The fraction of sp³-hybridized carbons (Fsp3) is 1.00. The van der Waals surface area contributed by atoms with Crippen molar-refractivity contribution >= 4 is 0 Å². The molecule has 1 aliphatic carbocycles. The van der Waals surface area contributed by atoms with Crippen LogP contribution >= 0.6 is 0 Å². The van der Waals surface area contributed by atoms with Crippen molar-refractivity contribution in [2.75, 3.05) is 27.2 Å². The number of nitrogens with one attached hydrogen (secondary N) is 1. The first-order valence-corrected chi connectivity index (χ1v) is 8.31. The molecular formula is C17H36N2. The molecule has 0 amide bonds. The van der Waals surface area contributed by atoms with E-state index < -0.39 is 0 Å². The average Bonchev–Trinajstić information content (AvgIpc) is 2.51. The van der Waals surface area contributed by atoms with Gasteiger partial charge in [0.2, 0.25) is 0 Å². The molecule has 2 heteroatoms. The topological polar surface area (TPSA) is 15.3 Å². The minimum Gasteiger partial charge on any atom is -0.313 e. The summed E-state index contributed by atoms with van der Waals surface area (Å²) in [5, 5.41) is 3.84. The highest BCUT2D eigenvalue weighted by atomic mass is 15.1. The zero-order valence-corrected chi connectivity index (χ0v) is 14.0. The molecule has 0 aromatic heterocycles. The molecule has 2 unspecified atom stereocenters. The van der Waals surface area contributed by atoms with Crippen LogP contribution in [0.4, 0.5) is 0 Å². The Morgan fingerprint density at radius 3 is 2.47 bits per heavy atom. The van der Waals surface area contributed by atoms with E-state index in [4.69, 9.17) is 0 Å². The quantitative estimate of drug-likeness (QED) is 0.704. The first-order chi connectivity index (χ1) is 8.93. The maximum absolute atomic E-state index is 3.84. The van der Waals surface area contributed by atoms with Crippen LogP contribution in [0, 0.1) is 11.3 Å². The highest BCUT2D eigenvalue weighted by Crippen LogP contribution is 2.27. The van der Waals surface area contributed by atoms with Crippen LogP contribution in [0.3, 0.4) is 0 Å². The van der Waals surface area contributed by atoms with Gasteiger partial charge in [0, 0.05) is 19.1 Å². The fourth-order valence-electron chi connectivity index (χ4n) is 3.61. The molecule has 0 spiro atoms. The van der Waals surface area contributed by atoms with E-state index in [2.05, 4.69) is 45.1 Å². The van der Waals surface area contributed by atoms with Crippen LogP contribution in [0.1, 0.15) is 65.7 Å². The van der Waals surface area contributed by atoms with E-state index in [1.54, 1.807) is 0 Å². The summed E-state index contributed by atoms with van der Waals surface area (Å²) in [7, 11) is 4.34. The third kappa shape index (κ3) is 7.31. The summed E-state index contributed by atoms with van der Waals surface area (Å²) < 4.78 is 0. The van der Waals surface area contributed by atoms with E-state index >= 15 is 0 Å². The Labute approximate surface area is 121 Å². The molecule has 1 aliphatic rings. The van der Waals surface area contributed by atoms with Crippen molar-refractivity contribution in [2.45, 2.75) is 71.8 Å². The minimum absolute atomic E-state index is 0.374. The van der Waals surface area contributed by atoms with Gasteiger partial charge in [-0.15, -0.1) is 0 Å². The van der Waals surface area contributed by atoms with Crippen molar-refractivity contribution in [3.63, 3.8) is 0 Å². The van der Waals surface area contributed by atoms with E-state index in [1.807, 2.05) is 0 Å². The summed E-state index contributed by atoms with van der Waals surface area (Å²) in [6, 6.07) is 0.767. The molecule has 0 saturated heterocycles. The number of hydrogen-bond donors (Lipinski definition) is 1. The van der Waals surface area contributed by atoms with Crippen molar-refractivity contribution in [3.05, 3.63) is 0 Å².